The third-order valence-corrected chi connectivity index (χ3v) is 8.21. The number of rotatable bonds is 4. The highest BCUT2D eigenvalue weighted by Crippen LogP contribution is 2.60. The van der Waals surface area contributed by atoms with Gasteiger partial charge < -0.3 is 15.1 Å². The van der Waals surface area contributed by atoms with Gasteiger partial charge in [0, 0.05) is 48.9 Å². The Morgan fingerprint density at radius 1 is 1.00 bits per heavy atom. The van der Waals surface area contributed by atoms with E-state index in [-0.39, 0.29) is 5.41 Å². The zero-order valence-corrected chi connectivity index (χ0v) is 18.5. The molecule has 1 aromatic heterocycles. The normalized spacial score (nSPS) is 26.5. The number of likely N-dealkylation sites (tertiary alicyclic amines) is 1. The highest BCUT2D eigenvalue weighted by atomic mass is 16.3. The fraction of sp³-hybridized carbons (Fsp3) is 0.393. The molecule has 164 valence electrons. The largest absolute Gasteiger partial charge is 0.389 e. The summed E-state index contributed by atoms with van der Waals surface area (Å²) in [5.41, 5.74) is 6.76. The van der Waals surface area contributed by atoms with Gasteiger partial charge in [-0.1, -0.05) is 48.5 Å². The summed E-state index contributed by atoms with van der Waals surface area (Å²) in [6.45, 7) is 4.44. The lowest BCUT2D eigenvalue weighted by Crippen LogP contribution is -2.47. The fourth-order valence-corrected chi connectivity index (χ4v) is 6.50. The summed E-state index contributed by atoms with van der Waals surface area (Å²) in [5, 5.41) is 21.3. The first-order valence-corrected chi connectivity index (χ1v) is 11.8. The topological polar surface area (TPSA) is 56.6 Å². The van der Waals surface area contributed by atoms with E-state index in [2.05, 4.69) is 58.4 Å². The molecule has 3 aliphatic rings. The van der Waals surface area contributed by atoms with Crippen LogP contribution in [0.4, 0.5) is 0 Å². The van der Waals surface area contributed by atoms with Gasteiger partial charge in [-0.3, -0.25) is 4.98 Å². The number of fused-ring (bicyclic) bond motifs is 8. The van der Waals surface area contributed by atoms with Crippen LogP contribution in [0.25, 0.3) is 0 Å². The van der Waals surface area contributed by atoms with Gasteiger partial charge in [-0.25, -0.2) is 0 Å². The van der Waals surface area contributed by atoms with Crippen molar-refractivity contribution in [3.05, 3.63) is 100 Å². The predicted octanol–water partition coefficient (Wildman–Crippen LogP) is 4.25. The van der Waals surface area contributed by atoms with Crippen molar-refractivity contribution < 1.29 is 10.2 Å². The molecule has 3 aromatic rings. The first kappa shape index (κ1) is 20.1. The van der Waals surface area contributed by atoms with Gasteiger partial charge >= 0.3 is 0 Å². The van der Waals surface area contributed by atoms with Crippen molar-refractivity contribution in [2.75, 3.05) is 19.6 Å². The van der Waals surface area contributed by atoms with E-state index in [1.165, 1.54) is 22.3 Å². The molecule has 0 saturated carbocycles. The number of aliphatic hydroxyl groups is 2. The van der Waals surface area contributed by atoms with Crippen LogP contribution in [0, 0.1) is 0 Å². The molecule has 1 saturated heterocycles. The Balaban J connectivity index is 1.26. The van der Waals surface area contributed by atoms with Crippen molar-refractivity contribution in [1.29, 1.82) is 0 Å². The van der Waals surface area contributed by atoms with Crippen LogP contribution < -0.4 is 0 Å². The summed E-state index contributed by atoms with van der Waals surface area (Å²) < 4.78 is 0. The Labute approximate surface area is 189 Å². The van der Waals surface area contributed by atoms with Crippen molar-refractivity contribution in [2.45, 2.75) is 49.2 Å². The second kappa shape index (κ2) is 7.24. The molecule has 4 nitrogen and oxygen atoms in total. The van der Waals surface area contributed by atoms with E-state index < -0.39 is 11.7 Å². The zero-order valence-electron chi connectivity index (χ0n) is 18.5. The van der Waals surface area contributed by atoms with Crippen LogP contribution in [0.2, 0.25) is 0 Å². The quantitative estimate of drug-likeness (QED) is 0.655. The molecule has 2 heterocycles. The standard InChI is InChI=1S/C28H30N2O2/c1-19(31)20-14-21(17-29-16-20)28(32)10-12-30(13-11-28)18-27-15-24(22-6-2-4-8-25(22)27)23-7-3-5-9-26(23)27/h2-9,14,16-17,19,24,31-32H,10-13,15,18H2,1H3. The third-order valence-electron chi connectivity index (χ3n) is 8.21. The minimum Gasteiger partial charge on any atom is -0.389 e. The van der Waals surface area contributed by atoms with E-state index in [1.54, 1.807) is 19.3 Å². The average Bonchev–Trinajstić information content (AvgIpc) is 3.33. The second-order valence-corrected chi connectivity index (χ2v) is 10.0. The molecule has 2 aliphatic carbocycles. The van der Waals surface area contributed by atoms with Crippen LogP contribution in [-0.4, -0.2) is 39.7 Å². The Hall–Kier alpha value is -2.53. The first-order chi connectivity index (χ1) is 15.5. The van der Waals surface area contributed by atoms with Crippen LogP contribution in [0.3, 0.4) is 0 Å². The number of piperidine rings is 1. The van der Waals surface area contributed by atoms with Crippen LogP contribution in [-0.2, 0) is 11.0 Å². The Bertz CT molecular complexity index is 1120. The maximum atomic E-state index is 11.4. The number of aliphatic hydroxyl groups excluding tert-OH is 1. The number of hydrogen-bond donors (Lipinski definition) is 2. The second-order valence-electron chi connectivity index (χ2n) is 10.0. The SMILES string of the molecule is CC(O)c1cncc(C2(O)CCN(CC34CC(c5ccccc53)c3ccccc34)CC2)c1. The summed E-state index contributed by atoms with van der Waals surface area (Å²) in [6.07, 6.45) is 5.37. The third kappa shape index (κ3) is 2.90. The van der Waals surface area contributed by atoms with Crippen molar-refractivity contribution in [1.82, 2.24) is 9.88 Å². The summed E-state index contributed by atoms with van der Waals surface area (Å²) in [4.78, 5) is 6.82. The minimum atomic E-state index is -0.879. The van der Waals surface area contributed by atoms with Crippen LogP contribution in [0.1, 0.15) is 71.6 Å². The van der Waals surface area contributed by atoms with Crippen molar-refractivity contribution >= 4 is 0 Å². The molecule has 0 amide bonds. The number of aromatic nitrogens is 1. The van der Waals surface area contributed by atoms with Gasteiger partial charge in [0.2, 0.25) is 0 Å². The van der Waals surface area contributed by atoms with Crippen LogP contribution in [0.15, 0.2) is 67.0 Å². The lowest BCUT2D eigenvalue weighted by molar-refractivity contribution is -0.0293. The molecule has 2 aromatic carbocycles. The maximum absolute atomic E-state index is 11.4. The van der Waals surface area contributed by atoms with Crippen molar-refractivity contribution in [2.24, 2.45) is 0 Å². The molecule has 2 N–H and O–H groups in total. The molecule has 0 spiro atoms. The number of benzene rings is 2. The summed E-state index contributed by atoms with van der Waals surface area (Å²) in [6, 6.07) is 19.9. The van der Waals surface area contributed by atoms with E-state index in [9.17, 15) is 10.2 Å². The molecule has 0 radical (unpaired) electrons. The lowest BCUT2D eigenvalue weighted by Gasteiger charge is -2.42. The number of pyridine rings is 1. The van der Waals surface area contributed by atoms with Crippen molar-refractivity contribution in [3.8, 4) is 0 Å². The molecule has 1 atom stereocenters. The van der Waals surface area contributed by atoms with Gasteiger partial charge in [0.1, 0.15) is 0 Å². The van der Waals surface area contributed by atoms with Gasteiger partial charge in [-0.2, -0.15) is 0 Å². The van der Waals surface area contributed by atoms with E-state index >= 15 is 0 Å². The molecule has 4 heteroatoms. The monoisotopic (exact) mass is 426 g/mol. The van der Waals surface area contributed by atoms with E-state index in [1.807, 2.05) is 6.07 Å². The number of nitrogens with zero attached hydrogens (tertiary/aromatic N) is 2. The molecular weight excluding hydrogens is 396 g/mol. The van der Waals surface area contributed by atoms with Gasteiger partial charge in [-0.15, -0.1) is 0 Å². The molecular formula is C28H30N2O2. The maximum Gasteiger partial charge on any atom is 0.0935 e. The van der Waals surface area contributed by atoms with Gasteiger partial charge in [-0.05, 0) is 60.1 Å². The van der Waals surface area contributed by atoms with E-state index in [4.69, 9.17) is 0 Å². The Morgan fingerprint density at radius 2 is 1.62 bits per heavy atom. The predicted molar refractivity (Wildman–Crippen MR) is 125 cm³/mol. The average molecular weight is 427 g/mol. The Kier molecular flexibility index (Phi) is 4.55. The van der Waals surface area contributed by atoms with Crippen LogP contribution in [0.5, 0.6) is 0 Å². The molecule has 1 unspecified atom stereocenters. The molecule has 1 fully saturated rings. The summed E-state index contributed by atoms with van der Waals surface area (Å²) in [5.74, 6) is 0.512. The minimum absolute atomic E-state index is 0.0566. The lowest BCUT2D eigenvalue weighted by atomic mass is 9.74. The van der Waals surface area contributed by atoms with E-state index in [0.717, 1.165) is 37.2 Å². The van der Waals surface area contributed by atoms with E-state index in [0.29, 0.717) is 18.8 Å². The summed E-state index contributed by atoms with van der Waals surface area (Å²) >= 11 is 0. The van der Waals surface area contributed by atoms with Crippen molar-refractivity contribution in [3.63, 3.8) is 0 Å². The Morgan fingerprint density at radius 3 is 2.25 bits per heavy atom. The van der Waals surface area contributed by atoms with Gasteiger partial charge in [0.25, 0.3) is 0 Å². The van der Waals surface area contributed by atoms with Gasteiger partial charge in [0.15, 0.2) is 0 Å². The smallest absolute Gasteiger partial charge is 0.0935 e. The molecule has 6 rings (SSSR count). The van der Waals surface area contributed by atoms with Crippen LogP contribution >= 0.6 is 0 Å². The number of hydrogen-bond acceptors (Lipinski definition) is 4. The fourth-order valence-electron chi connectivity index (χ4n) is 6.50. The highest BCUT2D eigenvalue weighted by molar-refractivity contribution is 5.62. The van der Waals surface area contributed by atoms with Gasteiger partial charge in [0.05, 0.1) is 11.7 Å². The molecule has 32 heavy (non-hydrogen) atoms. The molecule has 2 bridgehead atoms. The zero-order chi connectivity index (χ0) is 21.9. The molecule has 1 aliphatic heterocycles. The highest BCUT2D eigenvalue weighted by Gasteiger charge is 2.53. The first-order valence-electron chi connectivity index (χ1n) is 11.8. The summed E-state index contributed by atoms with van der Waals surface area (Å²) in [7, 11) is 0.